The van der Waals surface area contributed by atoms with Crippen molar-refractivity contribution in [1.82, 2.24) is 4.31 Å². The molecule has 3 aromatic carbocycles. The van der Waals surface area contributed by atoms with Gasteiger partial charge in [-0.15, -0.1) is 0 Å². The molecule has 2 N–H and O–H groups in total. The molecule has 4 rings (SSSR count). The van der Waals surface area contributed by atoms with E-state index in [4.69, 9.17) is 11.6 Å². The van der Waals surface area contributed by atoms with Gasteiger partial charge < -0.3 is 5.32 Å². The average Bonchev–Trinajstić information content (AvgIpc) is 3.37. The molecule has 184 valence electrons. The maximum Gasteiger partial charge on any atom is 0.261 e. The molecule has 1 amide bonds. The Kier molecular flexibility index (Phi) is 7.18. The van der Waals surface area contributed by atoms with Crippen molar-refractivity contribution in [3.8, 4) is 0 Å². The van der Waals surface area contributed by atoms with Crippen LogP contribution in [0.2, 0.25) is 5.02 Å². The Morgan fingerprint density at radius 2 is 1.51 bits per heavy atom. The lowest BCUT2D eigenvalue weighted by atomic mass is 10.1. The van der Waals surface area contributed by atoms with Crippen molar-refractivity contribution in [2.45, 2.75) is 29.6 Å². The van der Waals surface area contributed by atoms with E-state index in [0.29, 0.717) is 24.3 Å². The standard InChI is InChI=1S/C24H24ClN3O5S2/c1-17-8-11-20(35(32,33)28-14-4-5-15-28)16-21(17)24(29)26-18-9-12-19(13-10-18)34(30,31)27-23-7-3-2-6-22(23)25/h2-3,6-13,16,27H,4-5,14-15H2,1H3,(H,26,29). The Labute approximate surface area is 210 Å². The summed E-state index contributed by atoms with van der Waals surface area (Å²) < 4.78 is 55.0. The zero-order valence-corrected chi connectivity index (χ0v) is 21.3. The van der Waals surface area contributed by atoms with Gasteiger partial charge in [0.25, 0.3) is 15.9 Å². The number of carbonyl (C=O) groups excluding carboxylic acids is 1. The first-order valence-corrected chi connectivity index (χ1v) is 14.2. The zero-order valence-electron chi connectivity index (χ0n) is 18.9. The highest BCUT2D eigenvalue weighted by Crippen LogP contribution is 2.26. The van der Waals surface area contributed by atoms with Crippen LogP contribution in [0, 0.1) is 6.92 Å². The first kappa shape index (κ1) is 25.2. The number of aryl methyl sites for hydroxylation is 1. The van der Waals surface area contributed by atoms with E-state index in [1.165, 1.54) is 40.7 Å². The molecule has 1 heterocycles. The van der Waals surface area contributed by atoms with Crippen molar-refractivity contribution in [2.75, 3.05) is 23.1 Å². The van der Waals surface area contributed by atoms with Gasteiger partial charge in [-0.3, -0.25) is 9.52 Å². The van der Waals surface area contributed by atoms with E-state index in [0.717, 1.165) is 12.8 Å². The lowest BCUT2D eigenvalue weighted by Gasteiger charge is -2.17. The van der Waals surface area contributed by atoms with Gasteiger partial charge in [0.1, 0.15) is 0 Å². The van der Waals surface area contributed by atoms with E-state index in [2.05, 4.69) is 10.0 Å². The van der Waals surface area contributed by atoms with Crippen LogP contribution in [0.15, 0.2) is 76.5 Å². The van der Waals surface area contributed by atoms with E-state index < -0.39 is 26.0 Å². The van der Waals surface area contributed by atoms with Gasteiger partial charge in [-0.1, -0.05) is 29.8 Å². The van der Waals surface area contributed by atoms with Crippen molar-refractivity contribution in [2.24, 2.45) is 0 Å². The number of hydrogen-bond donors (Lipinski definition) is 2. The van der Waals surface area contributed by atoms with Gasteiger partial charge in [0, 0.05) is 24.3 Å². The van der Waals surface area contributed by atoms with Gasteiger partial charge >= 0.3 is 0 Å². The van der Waals surface area contributed by atoms with Crippen LogP contribution in [0.5, 0.6) is 0 Å². The van der Waals surface area contributed by atoms with Crippen LogP contribution in [0.3, 0.4) is 0 Å². The smallest absolute Gasteiger partial charge is 0.261 e. The van der Waals surface area contributed by atoms with E-state index >= 15 is 0 Å². The minimum Gasteiger partial charge on any atom is -0.322 e. The third kappa shape index (κ3) is 5.51. The maximum absolute atomic E-state index is 12.9. The van der Waals surface area contributed by atoms with Gasteiger partial charge in [0.05, 0.1) is 20.5 Å². The molecular weight excluding hydrogens is 510 g/mol. The molecule has 11 heteroatoms. The van der Waals surface area contributed by atoms with Crippen LogP contribution in [-0.4, -0.2) is 40.1 Å². The van der Waals surface area contributed by atoms with Crippen LogP contribution in [0.4, 0.5) is 11.4 Å². The monoisotopic (exact) mass is 533 g/mol. The molecule has 3 aromatic rings. The summed E-state index contributed by atoms with van der Waals surface area (Å²) in [5, 5.41) is 2.97. The minimum atomic E-state index is -3.89. The molecule has 0 atom stereocenters. The predicted molar refractivity (Wildman–Crippen MR) is 136 cm³/mol. The Morgan fingerprint density at radius 3 is 2.17 bits per heavy atom. The summed E-state index contributed by atoms with van der Waals surface area (Å²) in [6.45, 7) is 2.66. The molecule has 0 unspecified atom stereocenters. The second-order valence-electron chi connectivity index (χ2n) is 8.15. The molecule has 1 fully saturated rings. The summed E-state index contributed by atoms with van der Waals surface area (Å²) >= 11 is 6.03. The van der Waals surface area contributed by atoms with E-state index in [9.17, 15) is 21.6 Å². The Hall–Kier alpha value is -2.92. The van der Waals surface area contributed by atoms with Crippen LogP contribution in [-0.2, 0) is 20.0 Å². The molecule has 0 saturated carbocycles. The fourth-order valence-electron chi connectivity index (χ4n) is 3.75. The Bertz CT molecular complexity index is 1470. The van der Waals surface area contributed by atoms with Crippen LogP contribution < -0.4 is 10.0 Å². The second kappa shape index (κ2) is 9.98. The molecule has 1 saturated heterocycles. The summed E-state index contributed by atoms with van der Waals surface area (Å²) in [6.07, 6.45) is 1.64. The average molecular weight is 534 g/mol. The lowest BCUT2D eigenvalue weighted by molar-refractivity contribution is 0.102. The second-order valence-corrected chi connectivity index (χ2v) is 12.2. The Morgan fingerprint density at radius 1 is 0.886 bits per heavy atom. The molecule has 1 aliphatic rings. The predicted octanol–water partition coefficient (Wildman–Crippen LogP) is 4.49. The topological polar surface area (TPSA) is 113 Å². The number of carbonyl (C=O) groups is 1. The van der Waals surface area contributed by atoms with Gasteiger partial charge in [-0.05, 0) is 73.9 Å². The molecule has 0 aliphatic carbocycles. The maximum atomic E-state index is 12.9. The molecule has 0 radical (unpaired) electrons. The number of nitrogens with zero attached hydrogens (tertiary/aromatic N) is 1. The van der Waals surface area contributed by atoms with Crippen LogP contribution in [0.25, 0.3) is 0 Å². The Balaban J connectivity index is 1.51. The van der Waals surface area contributed by atoms with Gasteiger partial charge in [-0.25, -0.2) is 16.8 Å². The summed E-state index contributed by atoms with van der Waals surface area (Å²) in [4.78, 5) is 13.0. The molecular formula is C24H24ClN3O5S2. The number of hydrogen-bond acceptors (Lipinski definition) is 5. The molecule has 1 aliphatic heterocycles. The fraction of sp³-hybridized carbons (Fsp3) is 0.208. The van der Waals surface area contributed by atoms with Crippen molar-refractivity contribution >= 4 is 48.9 Å². The summed E-state index contributed by atoms with van der Waals surface area (Å²) in [6, 6.07) is 16.6. The third-order valence-corrected chi connectivity index (χ3v) is 9.30. The number of sulfonamides is 2. The van der Waals surface area contributed by atoms with Crippen molar-refractivity contribution < 1.29 is 21.6 Å². The number of rotatable bonds is 7. The van der Waals surface area contributed by atoms with Crippen LogP contribution >= 0.6 is 11.6 Å². The summed E-state index contributed by atoms with van der Waals surface area (Å²) in [5.41, 5.74) is 1.46. The van der Waals surface area contributed by atoms with Crippen molar-refractivity contribution in [3.63, 3.8) is 0 Å². The zero-order chi connectivity index (χ0) is 25.2. The van der Waals surface area contributed by atoms with E-state index in [-0.39, 0.29) is 26.1 Å². The summed E-state index contributed by atoms with van der Waals surface area (Å²) in [7, 11) is -7.55. The van der Waals surface area contributed by atoms with Gasteiger partial charge in [0.2, 0.25) is 10.0 Å². The molecule has 0 bridgehead atoms. The molecule has 8 nitrogen and oxygen atoms in total. The van der Waals surface area contributed by atoms with Gasteiger partial charge in [0.15, 0.2) is 0 Å². The first-order chi connectivity index (χ1) is 16.6. The van der Waals surface area contributed by atoms with E-state index in [1.54, 1.807) is 37.3 Å². The number of benzene rings is 3. The van der Waals surface area contributed by atoms with Crippen LogP contribution in [0.1, 0.15) is 28.8 Å². The first-order valence-electron chi connectivity index (χ1n) is 10.9. The number of halogens is 1. The minimum absolute atomic E-state index is 0.00898. The summed E-state index contributed by atoms with van der Waals surface area (Å²) in [5.74, 6) is -0.495. The SMILES string of the molecule is Cc1ccc(S(=O)(=O)N2CCCC2)cc1C(=O)Nc1ccc(S(=O)(=O)Nc2ccccc2Cl)cc1. The highest BCUT2D eigenvalue weighted by atomic mass is 35.5. The third-order valence-electron chi connectivity index (χ3n) is 5.70. The number of nitrogens with one attached hydrogen (secondary N) is 2. The number of para-hydroxylation sites is 1. The fourth-order valence-corrected chi connectivity index (χ4v) is 6.61. The molecule has 35 heavy (non-hydrogen) atoms. The largest absolute Gasteiger partial charge is 0.322 e. The number of anilines is 2. The quantitative estimate of drug-likeness (QED) is 0.465. The highest BCUT2D eigenvalue weighted by Gasteiger charge is 2.28. The number of amides is 1. The van der Waals surface area contributed by atoms with Crippen molar-refractivity contribution in [3.05, 3.63) is 82.9 Å². The van der Waals surface area contributed by atoms with E-state index in [1.807, 2.05) is 0 Å². The lowest BCUT2D eigenvalue weighted by Crippen LogP contribution is -2.28. The van der Waals surface area contributed by atoms with Gasteiger partial charge in [-0.2, -0.15) is 4.31 Å². The molecule has 0 aromatic heterocycles. The highest BCUT2D eigenvalue weighted by molar-refractivity contribution is 7.92. The van der Waals surface area contributed by atoms with Crippen molar-refractivity contribution in [1.29, 1.82) is 0 Å². The normalized spacial score (nSPS) is 14.6. The molecule has 0 spiro atoms.